The van der Waals surface area contributed by atoms with Gasteiger partial charge in [0.05, 0.1) is 5.75 Å². The number of sulfone groups is 1. The van der Waals surface area contributed by atoms with Crippen molar-refractivity contribution in [1.29, 1.82) is 0 Å². The van der Waals surface area contributed by atoms with Gasteiger partial charge in [-0.2, -0.15) is 0 Å². The third-order valence-corrected chi connectivity index (χ3v) is 5.04. The van der Waals surface area contributed by atoms with Gasteiger partial charge < -0.3 is 5.32 Å². The van der Waals surface area contributed by atoms with E-state index in [2.05, 4.69) is 21.2 Å². The number of benzene rings is 1. The topological polar surface area (TPSA) is 46.2 Å². The second kappa shape index (κ2) is 6.73. The molecule has 17 heavy (non-hydrogen) atoms. The summed E-state index contributed by atoms with van der Waals surface area (Å²) in [5, 5.41) is 3.78. The smallest absolute Gasteiger partial charge is 0.151 e. The summed E-state index contributed by atoms with van der Waals surface area (Å²) >= 11 is 9.24. The molecule has 0 amide bonds. The Labute approximate surface area is 116 Å². The Balaban J connectivity index is 2.41. The normalized spacial score (nSPS) is 11.7. The highest BCUT2D eigenvalue weighted by Gasteiger charge is 2.06. The van der Waals surface area contributed by atoms with Gasteiger partial charge in [-0.3, -0.25) is 0 Å². The summed E-state index contributed by atoms with van der Waals surface area (Å²) in [6, 6.07) is 5.54. The highest BCUT2D eigenvalue weighted by molar-refractivity contribution is 9.10. The first-order valence-electron chi connectivity index (χ1n) is 5.29. The summed E-state index contributed by atoms with van der Waals surface area (Å²) in [7, 11) is -2.89. The third-order valence-electron chi connectivity index (χ3n) is 2.36. The lowest BCUT2D eigenvalue weighted by Crippen LogP contribution is -2.23. The molecule has 0 unspecified atom stereocenters. The summed E-state index contributed by atoms with van der Waals surface area (Å²) in [5.41, 5.74) is 1.06. The zero-order chi connectivity index (χ0) is 12.9. The Bertz CT molecular complexity index is 476. The van der Waals surface area contributed by atoms with Gasteiger partial charge in [0.1, 0.15) is 0 Å². The van der Waals surface area contributed by atoms with E-state index in [0.717, 1.165) is 10.0 Å². The predicted molar refractivity (Wildman–Crippen MR) is 75.2 cm³/mol. The van der Waals surface area contributed by atoms with Gasteiger partial charge in [0, 0.05) is 28.3 Å². The molecule has 0 fully saturated rings. The van der Waals surface area contributed by atoms with Gasteiger partial charge in [-0.05, 0) is 17.7 Å². The molecule has 1 aromatic carbocycles. The zero-order valence-electron chi connectivity index (χ0n) is 9.54. The van der Waals surface area contributed by atoms with Crippen LogP contribution in [0.4, 0.5) is 0 Å². The molecule has 0 aliphatic carbocycles. The van der Waals surface area contributed by atoms with Crippen LogP contribution in [0.2, 0.25) is 5.02 Å². The van der Waals surface area contributed by atoms with E-state index in [0.29, 0.717) is 18.1 Å². The highest BCUT2D eigenvalue weighted by Crippen LogP contribution is 2.21. The van der Waals surface area contributed by atoms with Crippen LogP contribution in [0.15, 0.2) is 22.7 Å². The van der Waals surface area contributed by atoms with Crippen LogP contribution in [0.25, 0.3) is 0 Å². The van der Waals surface area contributed by atoms with E-state index >= 15 is 0 Å². The minimum atomic E-state index is -2.89. The highest BCUT2D eigenvalue weighted by atomic mass is 79.9. The van der Waals surface area contributed by atoms with Gasteiger partial charge in [0.25, 0.3) is 0 Å². The van der Waals surface area contributed by atoms with Crippen LogP contribution in [-0.2, 0) is 16.4 Å². The fourth-order valence-corrected chi connectivity index (χ4v) is 2.83. The minimum absolute atomic E-state index is 0.175. The fraction of sp³-hybridized carbons (Fsp3) is 0.455. The van der Waals surface area contributed by atoms with Gasteiger partial charge in [-0.15, -0.1) is 0 Å². The van der Waals surface area contributed by atoms with Gasteiger partial charge in [-0.25, -0.2) is 8.42 Å². The number of halogens is 2. The van der Waals surface area contributed by atoms with Crippen molar-refractivity contribution in [2.24, 2.45) is 0 Å². The molecule has 0 heterocycles. The van der Waals surface area contributed by atoms with Gasteiger partial charge in [-0.1, -0.05) is 40.5 Å². The minimum Gasteiger partial charge on any atom is -0.312 e. The molecule has 0 spiro atoms. The molecule has 96 valence electrons. The van der Waals surface area contributed by atoms with Crippen molar-refractivity contribution in [3.8, 4) is 0 Å². The Hall–Kier alpha value is -0.100. The maximum Gasteiger partial charge on any atom is 0.151 e. The largest absolute Gasteiger partial charge is 0.312 e. The molecule has 0 aliphatic heterocycles. The monoisotopic (exact) mass is 339 g/mol. The van der Waals surface area contributed by atoms with Crippen molar-refractivity contribution in [2.75, 3.05) is 18.1 Å². The quantitative estimate of drug-likeness (QED) is 0.810. The molecule has 0 aliphatic rings. The number of rotatable bonds is 6. The SMILES string of the molecule is CCS(=O)(=O)CCNCc1ccc(Cl)cc1Br. The molecular weight excluding hydrogens is 326 g/mol. The molecule has 0 aromatic heterocycles. The van der Waals surface area contributed by atoms with Crippen molar-refractivity contribution in [3.63, 3.8) is 0 Å². The molecule has 0 saturated carbocycles. The van der Waals surface area contributed by atoms with Crippen molar-refractivity contribution < 1.29 is 8.42 Å². The van der Waals surface area contributed by atoms with E-state index in [1.807, 2.05) is 18.2 Å². The van der Waals surface area contributed by atoms with E-state index in [9.17, 15) is 8.42 Å². The van der Waals surface area contributed by atoms with Gasteiger partial charge >= 0.3 is 0 Å². The number of nitrogens with one attached hydrogen (secondary N) is 1. The van der Waals surface area contributed by atoms with Crippen LogP contribution in [0, 0.1) is 0 Å². The van der Waals surface area contributed by atoms with E-state index < -0.39 is 9.84 Å². The van der Waals surface area contributed by atoms with Crippen LogP contribution in [0.1, 0.15) is 12.5 Å². The Morgan fingerprint density at radius 3 is 2.71 bits per heavy atom. The van der Waals surface area contributed by atoms with Gasteiger partial charge in [0.15, 0.2) is 9.84 Å². The van der Waals surface area contributed by atoms with Crippen LogP contribution < -0.4 is 5.32 Å². The molecule has 1 rings (SSSR count). The standard InChI is InChI=1S/C11H15BrClNO2S/c1-2-17(15,16)6-5-14-8-9-3-4-10(13)7-11(9)12/h3-4,7,14H,2,5-6,8H2,1H3. The fourth-order valence-electron chi connectivity index (χ4n) is 1.26. The Kier molecular flexibility index (Phi) is 5.92. The maximum atomic E-state index is 11.3. The summed E-state index contributed by atoms with van der Waals surface area (Å²) < 4.78 is 23.4. The average Bonchev–Trinajstić information content (AvgIpc) is 2.27. The van der Waals surface area contributed by atoms with Crippen LogP contribution in [0.3, 0.4) is 0 Å². The second-order valence-corrected chi connectivity index (χ2v) is 7.41. The lowest BCUT2D eigenvalue weighted by Gasteiger charge is -2.07. The summed E-state index contributed by atoms with van der Waals surface area (Å²) in [5.74, 6) is 0.369. The first-order chi connectivity index (χ1) is 7.94. The first-order valence-corrected chi connectivity index (χ1v) is 8.29. The van der Waals surface area contributed by atoms with Crippen LogP contribution in [0.5, 0.6) is 0 Å². The Morgan fingerprint density at radius 2 is 2.12 bits per heavy atom. The Morgan fingerprint density at radius 1 is 1.41 bits per heavy atom. The first kappa shape index (κ1) is 15.0. The van der Waals surface area contributed by atoms with Gasteiger partial charge in [0.2, 0.25) is 0 Å². The lowest BCUT2D eigenvalue weighted by atomic mass is 10.2. The second-order valence-electron chi connectivity index (χ2n) is 3.65. The molecule has 0 atom stereocenters. The molecule has 6 heteroatoms. The van der Waals surface area contributed by atoms with Crippen LogP contribution >= 0.6 is 27.5 Å². The van der Waals surface area contributed by atoms with Crippen molar-refractivity contribution in [3.05, 3.63) is 33.3 Å². The number of hydrogen-bond acceptors (Lipinski definition) is 3. The maximum absolute atomic E-state index is 11.3. The molecule has 0 radical (unpaired) electrons. The summed E-state index contributed by atoms with van der Waals surface area (Å²) in [6.45, 7) is 2.74. The lowest BCUT2D eigenvalue weighted by molar-refractivity contribution is 0.592. The molecule has 1 N–H and O–H groups in total. The van der Waals surface area contributed by atoms with E-state index in [1.54, 1.807) is 6.92 Å². The molecule has 1 aromatic rings. The summed E-state index contributed by atoms with van der Waals surface area (Å²) in [6.07, 6.45) is 0. The molecule has 0 bridgehead atoms. The van der Waals surface area contributed by atoms with E-state index in [1.165, 1.54) is 0 Å². The van der Waals surface area contributed by atoms with Crippen molar-refractivity contribution in [1.82, 2.24) is 5.32 Å². The molecule has 0 saturated heterocycles. The third kappa shape index (κ3) is 5.38. The summed E-state index contributed by atoms with van der Waals surface area (Å²) in [4.78, 5) is 0. The molecular formula is C11H15BrClNO2S. The van der Waals surface area contributed by atoms with Crippen molar-refractivity contribution in [2.45, 2.75) is 13.5 Å². The van der Waals surface area contributed by atoms with Crippen molar-refractivity contribution >= 4 is 37.4 Å². The predicted octanol–water partition coefficient (Wildman–Crippen LogP) is 2.63. The molecule has 3 nitrogen and oxygen atoms in total. The van der Waals surface area contributed by atoms with Crippen LogP contribution in [-0.4, -0.2) is 26.5 Å². The average molecular weight is 341 g/mol. The van der Waals surface area contributed by atoms with E-state index in [4.69, 9.17) is 11.6 Å². The zero-order valence-corrected chi connectivity index (χ0v) is 12.7. The number of hydrogen-bond donors (Lipinski definition) is 1. The van der Waals surface area contributed by atoms with E-state index in [-0.39, 0.29) is 11.5 Å².